The molecule has 0 N–H and O–H groups in total. The lowest BCUT2D eigenvalue weighted by Gasteiger charge is -2.69. The first-order valence-corrected chi connectivity index (χ1v) is 6.83. The smallest absolute Gasteiger partial charge is 0.292 e. The molecule has 0 atom stereocenters. The zero-order valence-electron chi connectivity index (χ0n) is 11.3. The lowest BCUT2D eigenvalue weighted by Crippen LogP contribution is -2.71. The van der Waals surface area contributed by atoms with Crippen molar-refractivity contribution in [2.75, 3.05) is 0 Å². The molecule has 3 aliphatic rings. The van der Waals surface area contributed by atoms with Crippen LogP contribution in [-0.2, 0) is 0 Å². The van der Waals surface area contributed by atoms with E-state index in [4.69, 9.17) is 11.6 Å². The molecule has 22 heavy (non-hydrogen) atoms. The van der Waals surface area contributed by atoms with Crippen molar-refractivity contribution < 1.29 is 26.7 Å². The van der Waals surface area contributed by atoms with Gasteiger partial charge in [-0.15, -0.1) is 0 Å². The molecule has 0 amide bonds. The summed E-state index contributed by atoms with van der Waals surface area (Å²) >= 11 is 5.77. The van der Waals surface area contributed by atoms with Crippen LogP contribution in [-0.4, -0.2) is 21.9 Å². The van der Waals surface area contributed by atoms with Gasteiger partial charge in [-0.05, 0) is 26.2 Å². The fourth-order valence-electron chi connectivity index (χ4n) is 3.44. The molecule has 0 aromatic carbocycles. The topological polar surface area (TPSA) is 42.9 Å². The van der Waals surface area contributed by atoms with E-state index in [1.165, 1.54) is 6.92 Å². The van der Waals surface area contributed by atoms with E-state index in [2.05, 4.69) is 9.97 Å². The van der Waals surface area contributed by atoms with Gasteiger partial charge in [0.05, 0.1) is 11.1 Å². The van der Waals surface area contributed by atoms with E-state index in [0.717, 1.165) is 0 Å². The van der Waals surface area contributed by atoms with Gasteiger partial charge in [0, 0.05) is 5.41 Å². The first kappa shape index (κ1) is 15.6. The summed E-state index contributed by atoms with van der Waals surface area (Å²) in [6.45, 7) is 1.27. The highest BCUT2D eigenvalue weighted by molar-refractivity contribution is 6.32. The van der Waals surface area contributed by atoms with Crippen LogP contribution < -0.4 is 0 Å². The van der Waals surface area contributed by atoms with Gasteiger partial charge >= 0.3 is 6.18 Å². The predicted molar refractivity (Wildman–Crippen MR) is 65.8 cm³/mol. The Kier molecular flexibility index (Phi) is 3.09. The van der Waals surface area contributed by atoms with Gasteiger partial charge in [-0.3, -0.25) is 4.79 Å². The standard InChI is InChI=1S/C13H10ClF5N2O/c1-5-6(10(15)16)21-7(9(14)20-5)8(22)11-2-12(3-11,4-11)13(17,18)19/h10H,2-4H2,1H3. The van der Waals surface area contributed by atoms with Crippen molar-refractivity contribution >= 4 is 17.4 Å². The molecule has 120 valence electrons. The van der Waals surface area contributed by atoms with E-state index >= 15 is 0 Å². The molecule has 2 bridgehead atoms. The Morgan fingerprint density at radius 3 is 2.23 bits per heavy atom. The molecule has 4 rings (SSSR count). The number of rotatable bonds is 3. The monoisotopic (exact) mass is 340 g/mol. The van der Waals surface area contributed by atoms with Gasteiger partial charge in [0.25, 0.3) is 6.43 Å². The minimum atomic E-state index is -4.36. The second-order valence-corrected chi connectivity index (χ2v) is 6.41. The second kappa shape index (κ2) is 4.37. The number of aromatic nitrogens is 2. The fraction of sp³-hybridized carbons (Fsp3) is 0.615. The van der Waals surface area contributed by atoms with Gasteiger partial charge in [-0.2, -0.15) is 13.2 Å². The highest BCUT2D eigenvalue weighted by Crippen LogP contribution is 2.79. The molecule has 1 heterocycles. The van der Waals surface area contributed by atoms with E-state index in [0.29, 0.717) is 0 Å². The van der Waals surface area contributed by atoms with Crippen molar-refractivity contribution in [3.63, 3.8) is 0 Å². The first-order chi connectivity index (χ1) is 10.0. The third kappa shape index (κ3) is 1.89. The van der Waals surface area contributed by atoms with Gasteiger partial charge in [-0.1, -0.05) is 11.6 Å². The number of carbonyl (C=O) groups is 1. The van der Waals surface area contributed by atoms with Gasteiger partial charge < -0.3 is 0 Å². The summed E-state index contributed by atoms with van der Waals surface area (Å²) in [5, 5.41) is -0.349. The quantitative estimate of drug-likeness (QED) is 0.609. The number of nitrogens with zero attached hydrogens (tertiary/aromatic N) is 2. The molecule has 0 radical (unpaired) electrons. The van der Waals surface area contributed by atoms with E-state index < -0.39 is 40.6 Å². The number of hydrogen-bond acceptors (Lipinski definition) is 3. The number of ketones is 1. The van der Waals surface area contributed by atoms with Crippen LogP contribution in [0.3, 0.4) is 0 Å². The molecular formula is C13H10ClF5N2O. The summed E-state index contributed by atoms with van der Waals surface area (Å²) in [5.74, 6) is -0.724. The van der Waals surface area contributed by atoms with Crippen LogP contribution >= 0.6 is 11.6 Å². The minimum Gasteiger partial charge on any atom is -0.292 e. The molecule has 0 unspecified atom stereocenters. The van der Waals surface area contributed by atoms with E-state index in [1.54, 1.807) is 0 Å². The zero-order valence-corrected chi connectivity index (χ0v) is 12.0. The van der Waals surface area contributed by atoms with Crippen LogP contribution in [0.2, 0.25) is 5.15 Å². The maximum absolute atomic E-state index is 12.8. The Morgan fingerprint density at radius 2 is 1.77 bits per heavy atom. The molecule has 1 aromatic rings. The molecule has 3 nitrogen and oxygen atoms in total. The number of halogens is 6. The van der Waals surface area contributed by atoms with Crippen molar-refractivity contribution in [1.29, 1.82) is 0 Å². The van der Waals surface area contributed by atoms with E-state index in [1.807, 2.05) is 0 Å². The fourth-order valence-corrected chi connectivity index (χ4v) is 3.69. The van der Waals surface area contributed by atoms with E-state index in [9.17, 15) is 26.7 Å². The summed E-state index contributed by atoms with van der Waals surface area (Å²) in [5.41, 5.74) is -4.23. The average Bonchev–Trinajstić information content (AvgIpc) is 2.21. The van der Waals surface area contributed by atoms with Gasteiger partial charge in [-0.25, -0.2) is 18.7 Å². The Labute approximate surface area is 126 Å². The molecule has 9 heteroatoms. The normalized spacial score (nSPS) is 30.0. The molecule has 0 saturated heterocycles. The Morgan fingerprint density at radius 1 is 1.23 bits per heavy atom. The second-order valence-electron chi connectivity index (χ2n) is 6.05. The summed E-state index contributed by atoms with van der Waals surface area (Å²) in [6.07, 6.45) is -8.30. The number of hydrogen-bond donors (Lipinski definition) is 0. The van der Waals surface area contributed by atoms with Crippen LogP contribution in [0.25, 0.3) is 0 Å². The van der Waals surface area contributed by atoms with E-state index in [-0.39, 0.29) is 30.1 Å². The van der Waals surface area contributed by atoms with Crippen LogP contribution in [0, 0.1) is 17.8 Å². The summed E-state index contributed by atoms with van der Waals surface area (Å²) in [6, 6.07) is 0. The summed E-state index contributed by atoms with van der Waals surface area (Å²) in [7, 11) is 0. The third-order valence-corrected chi connectivity index (χ3v) is 4.86. The third-order valence-electron chi connectivity index (χ3n) is 4.60. The Hall–Kier alpha value is -1.31. The van der Waals surface area contributed by atoms with Crippen molar-refractivity contribution in [3.8, 4) is 0 Å². The Bertz CT molecular complexity index is 653. The maximum atomic E-state index is 12.8. The van der Waals surface area contributed by atoms with Crippen LogP contribution in [0.5, 0.6) is 0 Å². The summed E-state index contributed by atoms with van der Waals surface area (Å²) < 4.78 is 64.0. The number of alkyl halides is 5. The van der Waals surface area contributed by atoms with Crippen LogP contribution in [0.4, 0.5) is 22.0 Å². The SMILES string of the molecule is Cc1nc(Cl)c(C(=O)C23CC(C(F)(F)F)(C2)C3)nc1C(F)F. The van der Waals surface area contributed by atoms with Crippen molar-refractivity contribution in [1.82, 2.24) is 9.97 Å². The first-order valence-electron chi connectivity index (χ1n) is 6.45. The van der Waals surface area contributed by atoms with Crippen LogP contribution in [0.15, 0.2) is 0 Å². The highest BCUT2D eigenvalue weighted by Gasteiger charge is 2.80. The van der Waals surface area contributed by atoms with Crippen molar-refractivity contribution in [2.45, 2.75) is 38.8 Å². The van der Waals surface area contributed by atoms with Crippen molar-refractivity contribution in [3.05, 3.63) is 22.2 Å². The molecule has 3 fully saturated rings. The average molecular weight is 341 g/mol. The number of carbonyl (C=O) groups excluding carboxylic acids is 1. The number of aryl methyl sites for hydroxylation is 1. The minimum absolute atomic E-state index is 0.110. The largest absolute Gasteiger partial charge is 0.394 e. The van der Waals surface area contributed by atoms with Gasteiger partial charge in [0.15, 0.2) is 10.9 Å². The lowest BCUT2D eigenvalue weighted by atomic mass is 9.33. The molecular weight excluding hydrogens is 331 g/mol. The van der Waals surface area contributed by atoms with Gasteiger partial charge in [0.2, 0.25) is 0 Å². The zero-order chi connectivity index (χ0) is 16.5. The maximum Gasteiger partial charge on any atom is 0.394 e. The van der Waals surface area contributed by atoms with Crippen LogP contribution in [0.1, 0.15) is 47.6 Å². The Balaban J connectivity index is 1.89. The molecule has 0 aliphatic heterocycles. The lowest BCUT2D eigenvalue weighted by molar-refractivity contribution is -0.346. The molecule has 0 spiro atoms. The number of Topliss-reactive ketones (excluding diaryl/α,β-unsaturated/α-hetero) is 1. The molecule has 1 aromatic heterocycles. The molecule has 3 saturated carbocycles. The predicted octanol–water partition coefficient (Wildman–Crippen LogP) is 4.29. The summed E-state index contributed by atoms with van der Waals surface area (Å²) in [4.78, 5) is 19.6. The van der Waals surface area contributed by atoms with Gasteiger partial charge in [0.1, 0.15) is 11.4 Å². The highest BCUT2D eigenvalue weighted by atomic mass is 35.5. The molecule has 3 aliphatic carbocycles. The van der Waals surface area contributed by atoms with Crippen molar-refractivity contribution in [2.24, 2.45) is 10.8 Å².